The molecular formula is C25H29N3O2. The zero-order valence-electron chi connectivity index (χ0n) is 17.9. The van der Waals surface area contributed by atoms with E-state index in [0.717, 1.165) is 30.0 Å². The molecule has 5 heteroatoms. The molecule has 0 saturated heterocycles. The lowest BCUT2D eigenvalue weighted by molar-refractivity contribution is -0.135. The van der Waals surface area contributed by atoms with E-state index in [1.807, 2.05) is 33.0 Å². The van der Waals surface area contributed by atoms with E-state index in [1.165, 1.54) is 11.1 Å². The molecule has 0 unspecified atom stereocenters. The minimum atomic E-state index is -0.169. The number of likely N-dealkylation sites (N-methyl/N-ethyl adjacent to an activating group) is 1. The Morgan fingerprint density at radius 3 is 2.27 bits per heavy atom. The second-order valence-electron chi connectivity index (χ2n) is 7.97. The van der Waals surface area contributed by atoms with Gasteiger partial charge in [-0.25, -0.2) is 0 Å². The van der Waals surface area contributed by atoms with Gasteiger partial charge in [0.1, 0.15) is 11.5 Å². The van der Waals surface area contributed by atoms with E-state index in [-0.39, 0.29) is 17.9 Å². The molecule has 4 rings (SSSR count). The lowest BCUT2D eigenvalue weighted by atomic mass is 9.85. The summed E-state index contributed by atoms with van der Waals surface area (Å²) < 4.78 is 5.80. The van der Waals surface area contributed by atoms with Gasteiger partial charge in [0.05, 0.1) is 12.0 Å². The smallest absolute Gasteiger partial charge is 0.239 e. The zero-order chi connectivity index (χ0) is 21.1. The van der Waals surface area contributed by atoms with Crippen LogP contribution in [-0.4, -0.2) is 47.0 Å². The van der Waals surface area contributed by atoms with Crippen LogP contribution in [0.5, 0.6) is 0 Å². The summed E-state index contributed by atoms with van der Waals surface area (Å²) in [6.45, 7) is 6.19. The molecule has 3 aromatic rings. The van der Waals surface area contributed by atoms with Gasteiger partial charge >= 0.3 is 0 Å². The van der Waals surface area contributed by atoms with Gasteiger partial charge in [-0.05, 0) is 25.0 Å². The predicted molar refractivity (Wildman–Crippen MR) is 117 cm³/mol. The van der Waals surface area contributed by atoms with Gasteiger partial charge in [0.2, 0.25) is 5.91 Å². The van der Waals surface area contributed by atoms with Crippen LogP contribution in [0.4, 0.5) is 0 Å². The molecule has 1 amide bonds. The molecular weight excluding hydrogens is 374 g/mol. The fourth-order valence-electron chi connectivity index (χ4n) is 4.24. The SMILES string of the molecule is CCN(C)C(=O)[C@H](C)N1CCc2onc(C(c3ccccc3)c3ccccc3)c2C1. The number of hydrogen-bond donors (Lipinski definition) is 0. The first kappa shape index (κ1) is 20.4. The van der Waals surface area contributed by atoms with E-state index in [1.54, 1.807) is 4.90 Å². The topological polar surface area (TPSA) is 49.6 Å². The predicted octanol–water partition coefficient (Wildman–Crippen LogP) is 4.08. The van der Waals surface area contributed by atoms with Gasteiger partial charge in [-0.3, -0.25) is 9.69 Å². The Morgan fingerprint density at radius 2 is 1.70 bits per heavy atom. The Balaban J connectivity index is 1.70. The van der Waals surface area contributed by atoms with Crippen LogP contribution in [0.1, 0.15) is 47.9 Å². The monoisotopic (exact) mass is 403 g/mol. The molecule has 1 atom stereocenters. The molecule has 30 heavy (non-hydrogen) atoms. The van der Waals surface area contributed by atoms with Crippen molar-refractivity contribution in [1.29, 1.82) is 0 Å². The van der Waals surface area contributed by atoms with Gasteiger partial charge in [-0.2, -0.15) is 0 Å². The fraction of sp³-hybridized carbons (Fsp3) is 0.360. The summed E-state index contributed by atoms with van der Waals surface area (Å²) in [5, 5.41) is 4.54. The molecule has 0 fully saturated rings. The molecule has 2 heterocycles. The van der Waals surface area contributed by atoms with Gasteiger partial charge < -0.3 is 9.42 Å². The van der Waals surface area contributed by atoms with Gasteiger partial charge in [-0.15, -0.1) is 0 Å². The summed E-state index contributed by atoms with van der Waals surface area (Å²) in [7, 11) is 1.86. The highest BCUT2D eigenvalue weighted by atomic mass is 16.5. The summed E-state index contributed by atoms with van der Waals surface area (Å²) in [5.74, 6) is 1.10. The summed E-state index contributed by atoms with van der Waals surface area (Å²) in [6, 6.07) is 20.7. The molecule has 5 nitrogen and oxygen atoms in total. The number of hydrogen-bond acceptors (Lipinski definition) is 4. The number of benzene rings is 2. The minimum Gasteiger partial charge on any atom is -0.361 e. The van der Waals surface area contributed by atoms with Crippen molar-refractivity contribution < 1.29 is 9.32 Å². The maximum absolute atomic E-state index is 12.7. The van der Waals surface area contributed by atoms with Crippen molar-refractivity contribution in [2.75, 3.05) is 20.1 Å². The normalized spacial score (nSPS) is 15.1. The number of amides is 1. The van der Waals surface area contributed by atoms with Crippen LogP contribution in [0.25, 0.3) is 0 Å². The molecule has 1 aliphatic heterocycles. The lowest BCUT2D eigenvalue weighted by Crippen LogP contribution is -2.47. The van der Waals surface area contributed by atoms with Crippen LogP contribution in [0.2, 0.25) is 0 Å². The molecule has 1 aliphatic rings. The van der Waals surface area contributed by atoms with Crippen LogP contribution >= 0.6 is 0 Å². The Kier molecular flexibility index (Phi) is 6.00. The molecule has 1 aromatic heterocycles. The van der Waals surface area contributed by atoms with Crippen LogP contribution in [-0.2, 0) is 17.8 Å². The van der Waals surface area contributed by atoms with E-state index in [9.17, 15) is 4.79 Å². The van der Waals surface area contributed by atoms with Gasteiger partial charge in [0.15, 0.2) is 0 Å². The molecule has 2 aromatic carbocycles. The third kappa shape index (κ3) is 3.90. The molecule has 0 saturated carbocycles. The van der Waals surface area contributed by atoms with Crippen molar-refractivity contribution >= 4 is 5.91 Å². The first-order valence-electron chi connectivity index (χ1n) is 10.7. The second kappa shape index (κ2) is 8.84. The molecule has 0 radical (unpaired) electrons. The van der Waals surface area contributed by atoms with Crippen molar-refractivity contribution in [1.82, 2.24) is 15.0 Å². The summed E-state index contributed by atoms with van der Waals surface area (Å²) >= 11 is 0. The summed E-state index contributed by atoms with van der Waals surface area (Å²) in [6.07, 6.45) is 0.770. The Morgan fingerprint density at radius 1 is 1.10 bits per heavy atom. The summed E-state index contributed by atoms with van der Waals surface area (Å²) in [4.78, 5) is 16.8. The first-order valence-corrected chi connectivity index (χ1v) is 10.7. The highest BCUT2D eigenvalue weighted by Crippen LogP contribution is 2.36. The van der Waals surface area contributed by atoms with E-state index in [0.29, 0.717) is 13.1 Å². The van der Waals surface area contributed by atoms with Crippen LogP contribution in [0.15, 0.2) is 65.2 Å². The second-order valence-corrected chi connectivity index (χ2v) is 7.97. The van der Waals surface area contributed by atoms with Gasteiger partial charge in [0, 0.05) is 38.7 Å². The minimum absolute atomic E-state index is 0.00386. The third-order valence-electron chi connectivity index (χ3n) is 6.18. The van der Waals surface area contributed by atoms with Gasteiger partial charge in [0.25, 0.3) is 0 Å². The van der Waals surface area contributed by atoms with E-state index in [4.69, 9.17) is 4.52 Å². The van der Waals surface area contributed by atoms with Crippen LogP contribution < -0.4 is 0 Å². The first-order chi connectivity index (χ1) is 14.6. The van der Waals surface area contributed by atoms with Crippen molar-refractivity contribution in [2.45, 2.75) is 38.8 Å². The number of fused-ring (bicyclic) bond motifs is 1. The summed E-state index contributed by atoms with van der Waals surface area (Å²) in [5.41, 5.74) is 4.45. The maximum atomic E-state index is 12.7. The van der Waals surface area contributed by atoms with Crippen molar-refractivity contribution in [3.05, 3.63) is 88.8 Å². The molecule has 156 valence electrons. The molecule has 0 bridgehead atoms. The van der Waals surface area contributed by atoms with E-state index >= 15 is 0 Å². The number of carbonyl (C=O) groups excluding carboxylic acids is 1. The third-order valence-corrected chi connectivity index (χ3v) is 6.18. The lowest BCUT2D eigenvalue weighted by Gasteiger charge is -2.33. The number of nitrogens with zero attached hydrogens (tertiary/aromatic N) is 3. The molecule has 0 aliphatic carbocycles. The maximum Gasteiger partial charge on any atom is 0.239 e. The highest BCUT2D eigenvalue weighted by molar-refractivity contribution is 5.81. The number of carbonyl (C=O) groups is 1. The molecule has 0 N–H and O–H groups in total. The average Bonchev–Trinajstić information content (AvgIpc) is 3.22. The Hall–Kier alpha value is -2.92. The van der Waals surface area contributed by atoms with E-state index < -0.39 is 0 Å². The van der Waals surface area contributed by atoms with E-state index in [2.05, 4.69) is 58.6 Å². The zero-order valence-corrected chi connectivity index (χ0v) is 17.9. The van der Waals surface area contributed by atoms with Crippen LogP contribution in [0.3, 0.4) is 0 Å². The molecule has 0 spiro atoms. The fourth-order valence-corrected chi connectivity index (χ4v) is 4.24. The number of aromatic nitrogens is 1. The standard InChI is InChI=1S/C25H29N3O2/c1-4-27(3)25(29)18(2)28-16-15-22-21(17-28)24(26-30-22)23(19-11-7-5-8-12-19)20-13-9-6-10-14-20/h5-14,18,23H,4,15-17H2,1-3H3/t18-/m0/s1. The van der Waals surface area contributed by atoms with Gasteiger partial charge in [-0.1, -0.05) is 65.8 Å². The number of rotatable bonds is 6. The van der Waals surface area contributed by atoms with Crippen molar-refractivity contribution in [2.24, 2.45) is 0 Å². The van der Waals surface area contributed by atoms with Crippen molar-refractivity contribution in [3.8, 4) is 0 Å². The highest BCUT2D eigenvalue weighted by Gasteiger charge is 2.33. The quantitative estimate of drug-likeness (QED) is 0.622. The Labute approximate surface area is 178 Å². The van der Waals surface area contributed by atoms with Crippen LogP contribution in [0, 0.1) is 0 Å². The largest absolute Gasteiger partial charge is 0.361 e. The average molecular weight is 404 g/mol. The Bertz CT molecular complexity index is 945. The van der Waals surface area contributed by atoms with Crippen molar-refractivity contribution in [3.63, 3.8) is 0 Å².